The van der Waals surface area contributed by atoms with Crippen LogP contribution in [0.2, 0.25) is 0 Å². The van der Waals surface area contributed by atoms with Crippen molar-refractivity contribution in [2.45, 2.75) is 44.4 Å². The Kier molecular flexibility index (Phi) is 8.88. The molecular weight excluding hydrogens is 616 g/mol. The lowest BCUT2D eigenvalue weighted by atomic mass is 9.57. The fourth-order valence-electron chi connectivity index (χ4n) is 8.31. The second-order valence-corrected chi connectivity index (χ2v) is 13.6. The van der Waals surface area contributed by atoms with E-state index in [0.29, 0.717) is 12.1 Å². The minimum Gasteiger partial charge on any atom is -0.508 e. The predicted octanol–water partition coefficient (Wildman–Crippen LogP) is 2.17. The van der Waals surface area contributed by atoms with Gasteiger partial charge >= 0.3 is 0 Å². The van der Waals surface area contributed by atoms with E-state index in [9.17, 15) is 34.8 Å². The molecule has 2 aromatic rings. The molecule has 0 radical (unpaired) electrons. The normalized spacial score (nSPS) is 26.4. The molecule has 6 N–H and O–H groups in total. The Morgan fingerprint density at radius 3 is 2.38 bits per heavy atom. The van der Waals surface area contributed by atoms with Gasteiger partial charge in [0.25, 0.3) is 5.91 Å². The molecule has 1 saturated heterocycles. The van der Waals surface area contributed by atoms with Gasteiger partial charge in [-0.2, -0.15) is 0 Å². The van der Waals surface area contributed by atoms with Gasteiger partial charge in [-0.1, -0.05) is 19.1 Å². The number of phenolic OH excluding ortho intramolecular Hbond substituents is 1. The molecule has 4 aliphatic rings. The Bertz CT molecular complexity index is 1740. The van der Waals surface area contributed by atoms with Crippen molar-refractivity contribution in [3.8, 4) is 22.6 Å². The number of ketones is 2. The number of nitrogens with two attached hydrogens (primary N) is 1. The maximum atomic E-state index is 14.2. The summed E-state index contributed by atoms with van der Waals surface area (Å²) in [5.41, 5.74) is 5.01. The molecule has 6 rings (SSSR count). The fraction of sp³-hybridized carbons (Fsp3) is 0.472. The number of amides is 1. The highest BCUT2D eigenvalue weighted by molar-refractivity contribution is 6.24. The number of primary amides is 1. The number of phenols is 1. The number of benzene rings is 2. The number of aliphatic hydroxyl groups excluding tert-OH is 2. The molecule has 0 aromatic heterocycles. The minimum atomic E-state index is -2.68. The first kappa shape index (κ1) is 33.7. The number of nitrogens with zero attached hydrogens (tertiary/aromatic N) is 3. The number of Topliss-reactive ketones (excluding diaryl/α,β-unsaturated/α-hetero) is 2. The lowest BCUT2D eigenvalue weighted by molar-refractivity contribution is -0.153. The summed E-state index contributed by atoms with van der Waals surface area (Å²) < 4.78 is 5.73. The number of likely N-dealkylation sites (N-methyl/N-ethyl adjacent to an activating group) is 1. The first-order valence-electron chi connectivity index (χ1n) is 16.4. The summed E-state index contributed by atoms with van der Waals surface area (Å²) in [5, 5.41) is 45.7. The smallest absolute Gasteiger partial charge is 0.255 e. The van der Waals surface area contributed by atoms with Crippen LogP contribution in [0.25, 0.3) is 16.9 Å². The molecule has 256 valence electrons. The number of carbonyl (C=O) groups excluding carboxylic acids is 3. The van der Waals surface area contributed by atoms with E-state index in [1.165, 1.54) is 11.0 Å². The van der Waals surface area contributed by atoms with Crippen LogP contribution in [-0.4, -0.2) is 118 Å². The number of methoxy groups -OCH3 is 1. The van der Waals surface area contributed by atoms with E-state index >= 15 is 0 Å². The van der Waals surface area contributed by atoms with Gasteiger partial charge in [-0.05, 0) is 80.7 Å². The SMILES string of the molecule is CCCN1CCN(Cc2cc(-c3ccc(O)c4c3CC3CC5C(N(C)C)C(=O)C(C(N)=O)=C(O)C5(O)C(=O)C3=C4O)ccc2OC)CC1. The van der Waals surface area contributed by atoms with E-state index in [4.69, 9.17) is 10.5 Å². The number of aromatic hydroxyl groups is 1. The van der Waals surface area contributed by atoms with Crippen molar-refractivity contribution in [2.75, 3.05) is 53.9 Å². The first-order chi connectivity index (χ1) is 22.8. The molecule has 48 heavy (non-hydrogen) atoms. The summed E-state index contributed by atoms with van der Waals surface area (Å²) in [7, 11) is 4.80. The summed E-state index contributed by atoms with van der Waals surface area (Å²) in [6, 6.07) is 7.98. The third kappa shape index (κ3) is 5.27. The summed E-state index contributed by atoms with van der Waals surface area (Å²) in [6.07, 6.45) is 1.36. The summed E-state index contributed by atoms with van der Waals surface area (Å²) >= 11 is 0. The largest absolute Gasteiger partial charge is 0.508 e. The minimum absolute atomic E-state index is 0.0265. The number of carbonyl (C=O) groups is 3. The van der Waals surface area contributed by atoms with Crippen LogP contribution >= 0.6 is 0 Å². The molecule has 4 unspecified atom stereocenters. The molecule has 1 saturated carbocycles. The molecule has 4 atom stereocenters. The van der Waals surface area contributed by atoms with Crippen molar-refractivity contribution in [3.05, 3.63) is 63.9 Å². The Balaban J connectivity index is 1.42. The van der Waals surface area contributed by atoms with Crippen LogP contribution in [0.4, 0.5) is 0 Å². The Hall–Kier alpha value is -4.23. The van der Waals surface area contributed by atoms with Gasteiger partial charge in [0.1, 0.15) is 28.6 Å². The highest BCUT2D eigenvalue weighted by Gasteiger charge is 2.64. The van der Waals surface area contributed by atoms with Crippen molar-refractivity contribution in [2.24, 2.45) is 17.6 Å². The number of piperazine rings is 1. The van der Waals surface area contributed by atoms with Crippen LogP contribution < -0.4 is 10.5 Å². The van der Waals surface area contributed by atoms with Crippen LogP contribution in [-0.2, 0) is 27.3 Å². The van der Waals surface area contributed by atoms with Gasteiger partial charge in [0, 0.05) is 49.8 Å². The standard InChI is InChI=1S/C36H44N4O8/c1-5-10-39-11-13-40(14-12-39)18-21-15-19(6-9-26(21)48-4)22-7-8-25(41)28-23(22)16-20-17-24-30(38(2)3)32(43)29(35(37)46)34(45)36(24,47)33(44)27(20)31(28)42/h6-9,15,20,24,30,41-42,45,47H,5,10-14,16-18H2,1-4H3,(H2,37,46). The van der Waals surface area contributed by atoms with Crippen molar-refractivity contribution in [3.63, 3.8) is 0 Å². The molecule has 2 fully saturated rings. The summed E-state index contributed by atoms with van der Waals surface area (Å²) in [5.74, 6) is -5.98. The van der Waals surface area contributed by atoms with Crippen LogP contribution in [0.5, 0.6) is 11.5 Å². The molecule has 12 nitrogen and oxygen atoms in total. The van der Waals surface area contributed by atoms with Gasteiger partial charge in [-0.15, -0.1) is 0 Å². The van der Waals surface area contributed by atoms with Crippen molar-refractivity contribution in [1.29, 1.82) is 0 Å². The summed E-state index contributed by atoms with van der Waals surface area (Å²) in [6.45, 7) is 7.85. The Morgan fingerprint density at radius 1 is 1.06 bits per heavy atom. The number of ether oxygens (including phenoxy) is 1. The van der Waals surface area contributed by atoms with Crippen LogP contribution in [0, 0.1) is 11.8 Å². The van der Waals surface area contributed by atoms with Crippen LogP contribution in [0.1, 0.15) is 36.5 Å². The predicted molar refractivity (Wildman–Crippen MR) is 178 cm³/mol. The third-order valence-corrected chi connectivity index (χ3v) is 10.6. The van der Waals surface area contributed by atoms with Gasteiger partial charge in [-0.3, -0.25) is 24.2 Å². The molecule has 2 aromatic carbocycles. The van der Waals surface area contributed by atoms with Gasteiger partial charge in [-0.25, -0.2) is 0 Å². The molecule has 12 heteroatoms. The number of rotatable bonds is 8. The molecule has 1 aliphatic heterocycles. The van der Waals surface area contributed by atoms with E-state index in [-0.39, 0.29) is 29.7 Å². The van der Waals surface area contributed by atoms with E-state index in [2.05, 4.69) is 22.8 Å². The molecule has 3 aliphatic carbocycles. The Morgan fingerprint density at radius 2 is 1.75 bits per heavy atom. The lowest BCUT2D eigenvalue weighted by Gasteiger charge is -2.50. The summed E-state index contributed by atoms with van der Waals surface area (Å²) in [4.78, 5) is 46.2. The maximum Gasteiger partial charge on any atom is 0.255 e. The van der Waals surface area contributed by atoms with Crippen molar-refractivity contribution in [1.82, 2.24) is 14.7 Å². The number of fused-ring (bicyclic) bond motifs is 3. The van der Waals surface area contributed by atoms with Crippen LogP contribution in [0.15, 0.2) is 47.2 Å². The Labute approximate surface area is 279 Å². The zero-order valence-electron chi connectivity index (χ0n) is 27.8. The molecule has 1 heterocycles. The highest BCUT2D eigenvalue weighted by Crippen LogP contribution is 2.53. The van der Waals surface area contributed by atoms with E-state index < -0.39 is 58.0 Å². The van der Waals surface area contributed by atoms with E-state index in [1.54, 1.807) is 27.3 Å². The topological polar surface area (TPSA) is 177 Å². The number of aliphatic hydroxyl groups is 3. The lowest BCUT2D eigenvalue weighted by Crippen LogP contribution is -2.65. The quantitative estimate of drug-likeness (QED) is 0.262. The molecule has 1 amide bonds. The third-order valence-electron chi connectivity index (χ3n) is 10.6. The van der Waals surface area contributed by atoms with Crippen molar-refractivity contribution < 1.29 is 39.5 Å². The molecule has 0 spiro atoms. The highest BCUT2D eigenvalue weighted by atomic mass is 16.5. The number of hydrogen-bond donors (Lipinski definition) is 5. The van der Waals surface area contributed by atoms with Gasteiger partial charge in [0.05, 0.1) is 18.7 Å². The zero-order chi connectivity index (χ0) is 34.7. The van der Waals surface area contributed by atoms with Gasteiger partial charge in [0.15, 0.2) is 11.4 Å². The van der Waals surface area contributed by atoms with Crippen LogP contribution in [0.3, 0.4) is 0 Å². The second-order valence-electron chi connectivity index (χ2n) is 13.6. The average molecular weight is 661 g/mol. The van der Waals surface area contributed by atoms with Crippen molar-refractivity contribution >= 4 is 23.2 Å². The second kappa shape index (κ2) is 12.7. The molecule has 0 bridgehead atoms. The van der Waals surface area contributed by atoms with Gasteiger partial charge in [0.2, 0.25) is 5.78 Å². The molecular formula is C36H44N4O8. The monoisotopic (exact) mass is 660 g/mol. The fourth-order valence-corrected chi connectivity index (χ4v) is 8.31. The number of hydrogen-bond acceptors (Lipinski definition) is 11. The van der Waals surface area contributed by atoms with E-state index in [0.717, 1.165) is 61.6 Å². The van der Waals surface area contributed by atoms with Gasteiger partial charge < -0.3 is 35.8 Å². The van der Waals surface area contributed by atoms with E-state index in [1.807, 2.05) is 12.1 Å². The first-order valence-corrected chi connectivity index (χ1v) is 16.4. The zero-order valence-corrected chi connectivity index (χ0v) is 27.8. The maximum absolute atomic E-state index is 14.2. The average Bonchev–Trinajstić information content (AvgIpc) is 3.03.